The first-order chi connectivity index (χ1) is 20.8. The molecule has 1 saturated heterocycles. The molecule has 216 valence electrons. The number of thiophene rings is 1. The number of nitrogens with zero attached hydrogens (tertiary/aromatic N) is 2. The van der Waals surface area contributed by atoms with E-state index in [-0.39, 0.29) is 23.0 Å². The number of hydrogen-bond donors (Lipinski definition) is 3. The number of aromatic amines is 2. The lowest BCUT2D eigenvalue weighted by Crippen LogP contribution is -2.33. The second-order valence-corrected chi connectivity index (χ2v) is 12.8. The van der Waals surface area contributed by atoms with Crippen LogP contribution in [0.1, 0.15) is 62.0 Å². The molecule has 1 aliphatic heterocycles. The van der Waals surface area contributed by atoms with Gasteiger partial charge in [-0.2, -0.15) is 0 Å². The number of aryl methyl sites for hydroxylation is 1. The van der Waals surface area contributed by atoms with Gasteiger partial charge in [-0.3, -0.25) is 14.4 Å². The molecule has 2 amide bonds. The first kappa shape index (κ1) is 26.0. The second kappa shape index (κ2) is 9.18. The van der Waals surface area contributed by atoms with Crippen LogP contribution in [0.25, 0.3) is 21.8 Å². The smallest absolute Gasteiger partial charge is 0.274 e. The predicted octanol–water partition coefficient (Wildman–Crippen LogP) is 6.61. The summed E-state index contributed by atoms with van der Waals surface area (Å²) < 4.78 is 0. The Kier molecular flexibility index (Phi) is 5.56. The van der Waals surface area contributed by atoms with Gasteiger partial charge < -0.3 is 25.1 Å². The van der Waals surface area contributed by atoms with Gasteiger partial charge in [-0.25, -0.2) is 0 Å². The first-order valence-electron chi connectivity index (χ1n) is 14.8. The largest absolute Gasteiger partial charge is 0.372 e. The maximum absolute atomic E-state index is 13.8. The highest BCUT2D eigenvalue weighted by Crippen LogP contribution is 2.68. The fourth-order valence-electron chi connectivity index (χ4n) is 7.32. The Morgan fingerprint density at radius 2 is 1.74 bits per heavy atom. The third-order valence-electron chi connectivity index (χ3n) is 9.50. The van der Waals surface area contributed by atoms with Gasteiger partial charge in [-0.05, 0) is 98.1 Å². The van der Waals surface area contributed by atoms with Crippen molar-refractivity contribution in [3.05, 3.63) is 93.1 Å². The van der Waals surface area contributed by atoms with Gasteiger partial charge in [-0.15, -0.1) is 11.3 Å². The number of carbonyl (C=O) groups excluding carboxylic acids is 3. The van der Waals surface area contributed by atoms with Gasteiger partial charge >= 0.3 is 0 Å². The van der Waals surface area contributed by atoms with E-state index in [1.165, 1.54) is 11.3 Å². The summed E-state index contributed by atoms with van der Waals surface area (Å²) in [6.45, 7) is 8.77. The van der Waals surface area contributed by atoms with Crippen LogP contribution in [0.2, 0.25) is 0 Å². The lowest BCUT2D eigenvalue weighted by molar-refractivity contribution is 0.0806. The Morgan fingerprint density at radius 1 is 1.02 bits per heavy atom. The van der Waals surface area contributed by atoms with E-state index in [4.69, 9.17) is 0 Å². The van der Waals surface area contributed by atoms with E-state index in [1.807, 2.05) is 36.4 Å². The molecule has 2 fully saturated rings. The van der Waals surface area contributed by atoms with Crippen molar-refractivity contribution >= 4 is 62.1 Å². The molecule has 8 nitrogen and oxygen atoms in total. The van der Waals surface area contributed by atoms with Gasteiger partial charge in [0.25, 0.3) is 11.8 Å². The molecule has 2 atom stereocenters. The van der Waals surface area contributed by atoms with Crippen LogP contribution in [-0.4, -0.2) is 52.1 Å². The van der Waals surface area contributed by atoms with Crippen molar-refractivity contribution in [1.82, 2.24) is 14.9 Å². The number of aromatic nitrogens is 2. The molecule has 4 heterocycles. The molecule has 3 N–H and O–H groups in total. The van der Waals surface area contributed by atoms with Gasteiger partial charge in [0.2, 0.25) is 0 Å². The quantitative estimate of drug-likeness (QED) is 0.207. The van der Waals surface area contributed by atoms with E-state index in [2.05, 4.69) is 58.5 Å². The number of amides is 2. The van der Waals surface area contributed by atoms with Crippen LogP contribution in [0, 0.1) is 12.8 Å². The minimum absolute atomic E-state index is 0.00426. The Balaban J connectivity index is 1.03. The number of carbonyl (C=O) groups is 3. The van der Waals surface area contributed by atoms with E-state index in [1.54, 1.807) is 11.0 Å². The maximum Gasteiger partial charge on any atom is 0.274 e. The monoisotopic (exact) mass is 589 g/mol. The average molecular weight is 590 g/mol. The van der Waals surface area contributed by atoms with Crippen molar-refractivity contribution in [2.75, 3.05) is 29.9 Å². The number of hydrogen-bond acceptors (Lipinski definition) is 5. The number of likely N-dealkylation sites (tertiary alicyclic amines) is 1. The van der Waals surface area contributed by atoms with Crippen LogP contribution in [0.15, 0.2) is 65.7 Å². The molecule has 2 aromatic carbocycles. The summed E-state index contributed by atoms with van der Waals surface area (Å²) in [5, 5.41) is 6.86. The van der Waals surface area contributed by atoms with Gasteiger partial charge in [-0.1, -0.05) is 0 Å². The number of nitrogens with one attached hydrogen (secondary N) is 3. The van der Waals surface area contributed by atoms with Crippen molar-refractivity contribution in [3.8, 4) is 0 Å². The lowest BCUT2D eigenvalue weighted by atomic mass is 9.84. The van der Waals surface area contributed by atoms with Crippen LogP contribution in [0.5, 0.6) is 0 Å². The third kappa shape index (κ3) is 3.77. The topological polar surface area (TPSA) is 101 Å². The Hall–Kier alpha value is -4.63. The van der Waals surface area contributed by atoms with Crippen LogP contribution < -0.4 is 10.2 Å². The summed E-state index contributed by atoms with van der Waals surface area (Å²) in [5.41, 5.74) is 7.37. The number of H-pyrrole nitrogens is 2. The number of piperidine rings is 1. The zero-order chi connectivity index (χ0) is 29.6. The van der Waals surface area contributed by atoms with Crippen molar-refractivity contribution in [2.45, 2.75) is 32.6 Å². The fourth-order valence-corrected chi connectivity index (χ4v) is 8.37. The number of allylic oxidation sites excluding steroid dienone is 2. The molecule has 2 unspecified atom stereocenters. The van der Waals surface area contributed by atoms with E-state index in [0.717, 1.165) is 68.7 Å². The molecule has 0 radical (unpaired) electrons. The minimum atomic E-state index is -0.231. The van der Waals surface area contributed by atoms with Crippen LogP contribution in [0.4, 0.5) is 11.4 Å². The SMILES string of the molecule is CCN(CC)c1ccc2[nH]c(C(=O)Nc3ccc4[nH]c(C(=O)N5CC6CC67C5=CC(=O)c5scc(C)c57)cc4c3)cc2c1. The highest BCUT2D eigenvalue weighted by molar-refractivity contribution is 7.12. The highest BCUT2D eigenvalue weighted by atomic mass is 32.1. The average Bonchev–Trinajstić information content (AvgIpc) is 3.45. The fraction of sp³-hybridized carbons (Fsp3) is 0.265. The van der Waals surface area contributed by atoms with Gasteiger partial charge in [0.05, 0.1) is 4.88 Å². The molecule has 8 rings (SSSR count). The maximum atomic E-state index is 13.8. The number of anilines is 2. The number of ketones is 1. The van der Waals surface area contributed by atoms with Crippen molar-refractivity contribution in [1.29, 1.82) is 0 Å². The Labute approximate surface area is 252 Å². The van der Waals surface area contributed by atoms with E-state index in [9.17, 15) is 14.4 Å². The van der Waals surface area contributed by atoms with Gasteiger partial charge in [0, 0.05) is 70.0 Å². The molecule has 1 saturated carbocycles. The van der Waals surface area contributed by atoms with Gasteiger partial charge in [0.15, 0.2) is 5.78 Å². The summed E-state index contributed by atoms with van der Waals surface area (Å²) in [5.74, 6) is -0.0193. The van der Waals surface area contributed by atoms with E-state index >= 15 is 0 Å². The molecule has 43 heavy (non-hydrogen) atoms. The minimum Gasteiger partial charge on any atom is -0.372 e. The zero-order valence-electron chi connectivity index (χ0n) is 24.2. The summed E-state index contributed by atoms with van der Waals surface area (Å²) >= 11 is 1.51. The Morgan fingerprint density at radius 3 is 2.53 bits per heavy atom. The Bertz CT molecular complexity index is 2040. The number of fused-ring (bicyclic) bond motifs is 3. The van der Waals surface area contributed by atoms with Crippen molar-refractivity contribution in [2.24, 2.45) is 5.92 Å². The first-order valence-corrected chi connectivity index (χ1v) is 15.7. The standard InChI is InChI=1S/C34H31N5O3S/c1-4-38(5-2)23-7-9-25-20(11-23)12-26(36-25)32(41)35-22-6-8-24-19(10-22)13-27(37-24)33(42)39-16-21-15-34(21)29(39)14-28(40)31-30(34)18(3)17-43-31/h6-14,17,21,36-37H,4-5,15-16H2,1-3H3,(H,35,41). The summed E-state index contributed by atoms with van der Waals surface area (Å²) in [6.07, 6.45) is 2.68. The van der Waals surface area contributed by atoms with Crippen LogP contribution in [-0.2, 0) is 5.41 Å². The molecular weight excluding hydrogens is 558 g/mol. The summed E-state index contributed by atoms with van der Waals surface area (Å²) in [4.78, 5) is 51.3. The highest BCUT2D eigenvalue weighted by Gasteiger charge is 2.68. The third-order valence-corrected chi connectivity index (χ3v) is 10.6. The molecular formula is C34H31N5O3S. The predicted molar refractivity (Wildman–Crippen MR) is 170 cm³/mol. The molecule has 9 heteroatoms. The zero-order valence-corrected chi connectivity index (χ0v) is 25.0. The molecule has 5 aromatic rings. The summed E-state index contributed by atoms with van der Waals surface area (Å²) in [6, 6.07) is 15.5. The molecule has 2 aliphatic carbocycles. The van der Waals surface area contributed by atoms with Crippen LogP contribution >= 0.6 is 11.3 Å². The molecule has 0 bridgehead atoms. The number of benzene rings is 2. The lowest BCUT2D eigenvalue weighted by Gasteiger charge is -2.28. The molecule has 3 aromatic heterocycles. The molecule has 3 aliphatic rings. The van der Waals surface area contributed by atoms with Crippen LogP contribution in [0.3, 0.4) is 0 Å². The second-order valence-electron chi connectivity index (χ2n) is 11.9. The van der Waals surface area contributed by atoms with E-state index < -0.39 is 0 Å². The van der Waals surface area contributed by atoms with Crippen molar-refractivity contribution < 1.29 is 14.4 Å². The van der Waals surface area contributed by atoms with E-state index in [0.29, 0.717) is 29.5 Å². The number of rotatable bonds is 6. The summed E-state index contributed by atoms with van der Waals surface area (Å²) in [7, 11) is 0. The van der Waals surface area contributed by atoms with Gasteiger partial charge in [0.1, 0.15) is 11.4 Å². The van der Waals surface area contributed by atoms with Crippen molar-refractivity contribution in [3.63, 3.8) is 0 Å². The normalized spacial score (nSPS) is 20.2. The molecule has 1 spiro atoms.